The van der Waals surface area contributed by atoms with Gasteiger partial charge in [-0.05, 0) is 64.3 Å². The van der Waals surface area contributed by atoms with E-state index in [1.165, 1.54) is 33.4 Å². The minimum Gasteiger partial charge on any atom is -0.464 e. The molecule has 1 aliphatic carbocycles. The van der Waals surface area contributed by atoms with Crippen LogP contribution in [0, 0.1) is 5.41 Å². The average Bonchev–Trinajstić information content (AvgIpc) is 3.10. The molecule has 4 rings (SSSR count). The van der Waals surface area contributed by atoms with E-state index in [1.54, 1.807) is 7.11 Å². The smallest absolute Gasteiger partial charge is 0.210 e. The van der Waals surface area contributed by atoms with E-state index in [0.717, 1.165) is 12.2 Å². The summed E-state index contributed by atoms with van der Waals surface area (Å²) < 4.78 is 12.3. The average molecular weight is 413 g/mol. The van der Waals surface area contributed by atoms with Crippen molar-refractivity contribution in [3.05, 3.63) is 95.6 Å². The molecule has 2 nitrogen and oxygen atoms in total. The van der Waals surface area contributed by atoms with Crippen LogP contribution in [0.25, 0.3) is 16.7 Å². The molecule has 3 aromatic rings. The highest BCUT2D eigenvalue weighted by Gasteiger charge is 2.35. The van der Waals surface area contributed by atoms with Gasteiger partial charge in [-0.15, -0.1) is 0 Å². The Morgan fingerprint density at radius 2 is 1.42 bits per heavy atom. The molecule has 1 atom stereocenters. The van der Waals surface area contributed by atoms with Gasteiger partial charge < -0.3 is 9.47 Å². The molecule has 160 valence electrons. The van der Waals surface area contributed by atoms with E-state index in [1.807, 2.05) is 0 Å². The summed E-state index contributed by atoms with van der Waals surface area (Å²) in [6, 6.07) is 25.5. The summed E-state index contributed by atoms with van der Waals surface area (Å²) in [5, 5.41) is 0. The molecule has 0 amide bonds. The van der Waals surface area contributed by atoms with Crippen molar-refractivity contribution in [3.8, 4) is 16.9 Å². The molecule has 0 saturated carbocycles. The van der Waals surface area contributed by atoms with E-state index in [0.29, 0.717) is 0 Å². The van der Waals surface area contributed by atoms with Gasteiger partial charge in [0.15, 0.2) is 0 Å². The van der Waals surface area contributed by atoms with Crippen LogP contribution in [0.2, 0.25) is 0 Å². The van der Waals surface area contributed by atoms with Crippen molar-refractivity contribution in [1.29, 1.82) is 0 Å². The van der Waals surface area contributed by atoms with Crippen molar-refractivity contribution in [2.24, 2.45) is 5.41 Å². The third-order valence-electron chi connectivity index (χ3n) is 5.93. The summed E-state index contributed by atoms with van der Waals surface area (Å²) >= 11 is 0. The standard InChI is InChI=1S/C29H32O2/c1-6-20(19-29(2,3)4)21-15-17-22(18-16-21)31-28(30-5)27-25-13-9-7-11-23(25)24-12-8-10-14-26(24)27/h6-18,27-28H,19H2,1-5H3/b20-6-. The highest BCUT2D eigenvalue weighted by Crippen LogP contribution is 2.47. The molecule has 0 spiro atoms. The van der Waals surface area contributed by atoms with Gasteiger partial charge in [0.05, 0.1) is 5.92 Å². The molecule has 0 aromatic heterocycles. The second-order valence-electron chi connectivity index (χ2n) is 9.45. The lowest BCUT2D eigenvalue weighted by Gasteiger charge is -2.25. The molecule has 0 fully saturated rings. The lowest BCUT2D eigenvalue weighted by atomic mass is 9.85. The van der Waals surface area contributed by atoms with Crippen LogP contribution in [0.15, 0.2) is 78.9 Å². The van der Waals surface area contributed by atoms with Gasteiger partial charge in [0.2, 0.25) is 6.29 Å². The van der Waals surface area contributed by atoms with Gasteiger partial charge >= 0.3 is 0 Å². The minimum absolute atomic E-state index is 0.0454. The normalized spacial score (nSPS) is 14.8. The molecule has 1 unspecified atom stereocenters. The third-order valence-corrected chi connectivity index (χ3v) is 5.93. The summed E-state index contributed by atoms with van der Waals surface area (Å²) in [4.78, 5) is 0. The van der Waals surface area contributed by atoms with Crippen molar-refractivity contribution in [3.63, 3.8) is 0 Å². The molecule has 0 bridgehead atoms. The van der Waals surface area contributed by atoms with Gasteiger partial charge in [-0.1, -0.05) is 87.5 Å². The Balaban J connectivity index is 1.59. The Morgan fingerprint density at radius 1 is 0.871 bits per heavy atom. The van der Waals surface area contributed by atoms with Crippen molar-refractivity contribution in [2.45, 2.75) is 46.3 Å². The van der Waals surface area contributed by atoms with Crippen molar-refractivity contribution in [1.82, 2.24) is 0 Å². The fourth-order valence-electron chi connectivity index (χ4n) is 4.56. The first-order valence-electron chi connectivity index (χ1n) is 11.0. The van der Waals surface area contributed by atoms with Crippen molar-refractivity contribution < 1.29 is 9.47 Å². The SMILES string of the molecule is C/C=C(/CC(C)(C)C)c1ccc(OC(OC)C2c3ccccc3-c3ccccc32)cc1. The van der Waals surface area contributed by atoms with Crippen molar-refractivity contribution in [2.75, 3.05) is 7.11 Å². The summed E-state index contributed by atoms with van der Waals surface area (Å²) in [6.07, 6.45) is 2.86. The zero-order valence-electron chi connectivity index (χ0n) is 19.2. The van der Waals surface area contributed by atoms with Gasteiger partial charge in [0.1, 0.15) is 5.75 Å². The van der Waals surface area contributed by atoms with Crippen LogP contribution in [0.1, 0.15) is 56.7 Å². The molecule has 0 saturated heterocycles. The van der Waals surface area contributed by atoms with E-state index < -0.39 is 6.29 Å². The maximum absolute atomic E-state index is 6.39. The fraction of sp³-hybridized carbons (Fsp3) is 0.310. The molecule has 0 N–H and O–H groups in total. The first kappa shape index (κ1) is 21.4. The molecule has 3 aromatic carbocycles. The van der Waals surface area contributed by atoms with Crippen LogP contribution in [0.4, 0.5) is 0 Å². The zero-order chi connectivity index (χ0) is 22.0. The second-order valence-corrected chi connectivity index (χ2v) is 9.45. The number of benzene rings is 3. The van der Waals surface area contributed by atoms with Gasteiger partial charge in [0, 0.05) is 7.11 Å². The van der Waals surface area contributed by atoms with Crippen molar-refractivity contribution >= 4 is 5.57 Å². The number of hydrogen-bond acceptors (Lipinski definition) is 2. The van der Waals surface area contributed by atoms with E-state index in [9.17, 15) is 0 Å². The Kier molecular flexibility index (Phi) is 6.02. The molecule has 0 heterocycles. The zero-order valence-corrected chi connectivity index (χ0v) is 19.2. The quantitative estimate of drug-likeness (QED) is 0.386. The van der Waals surface area contributed by atoms with E-state index in [4.69, 9.17) is 9.47 Å². The highest BCUT2D eigenvalue weighted by atomic mass is 16.7. The number of allylic oxidation sites excluding steroid dienone is 2. The van der Waals surface area contributed by atoms with Gasteiger partial charge in [-0.2, -0.15) is 0 Å². The van der Waals surface area contributed by atoms with Gasteiger partial charge in [-0.25, -0.2) is 0 Å². The van der Waals surface area contributed by atoms with Gasteiger partial charge in [-0.3, -0.25) is 0 Å². The summed E-state index contributed by atoms with van der Waals surface area (Å²) in [6.45, 7) is 8.93. The van der Waals surface area contributed by atoms with Crippen LogP contribution in [-0.2, 0) is 4.74 Å². The number of methoxy groups -OCH3 is 1. The molecule has 0 aliphatic heterocycles. The summed E-state index contributed by atoms with van der Waals surface area (Å²) in [5.74, 6) is 0.868. The molecule has 0 radical (unpaired) electrons. The molecular weight excluding hydrogens is 380 g/mol. The Bertz CT molecular complexity index is 1020. The predicted molar refractivity (Wildman–Crippen MR) is 129 cm³/mol. The Labute approximate surface area is 186 Å². The highest BCUT2D eigenvalue weighted by molar-refractivity contribution is 5.79. The van der Waals surface area contributed by atoms with Crippen LogP contribution in [-0.4, -0.2) is 13.4 Å². The lowest BCUT2D eigenvalue weighted by Crippen LogP contribution is -2.27. The van der Waals surface area contributed by atoms with Crippen LogP contribution in [0.5, 0.6) is 5.75 Å². The van der Waals surface area contributed by atoms with E-state index in [2.05, 4.69) is 107 Å². The Morgan fingerprint density at radius 3 is 1.90 bits per heavy atom. The van der Waals surface area contributed by atoms with Crippen LogP contribution in [0.3, 0.4) is 0 Å². The summed E-state index contributed by atoms with van der Waals surface area (Å²) in [5.41, 5.74) is 7.91. The van der Waals surface area contributed by atoms with Crippen LogP contribution < -0.4 is 4.74 Å². The molecule has 1 aliphatic rings. The largest absolute Gasteiger partial charge is 0.464 e. The number of hydrogen-bond donors (Lipinski definition) is 0. The molecule has 2 heteroatoms. The first-order chi connectivity index (χ1) is 14.9. The summed E-state index contributed by atoms with van der Waals surface area (Å²) in [7, 11) is 1.73. The number of fused-ring (bicyclic) bond motifs is 3. The number of ether oxygens (including phenoxy) is 2. The topological polar surface area (TPSA) is 18.5 Å². The lowest BCUT2D eigenvalue weighted by molar-refractivity contribution is -0.0628. The first-order valence-corrected chi connectivity index (χ1v) is 11.0. The van der Waals surface area contributed by atoms with Gasteiger partial charge in [0.25, 0.3) is 0 Å². The maximum atomic E-state index is 6.39. The van der Waals surface area contributed by atoms with Crippen LogP contribution >= 0.6 is 0 Å². The second kappa shape index (κ2) is 8.72. The fourth-order valence-corrected chi connectivity index (χ4v) is 4.56. The molecule has 31 heavy (non-hydrogen) atoms. The Hall–Kier alpha value is -2.84. The number of rotatable bonds is 6. The monoisotopic (exact) mass is 412 g/mol. The molecular formula is C29H32O2. The predicted octanol–water partition coefficient (Wildman–Crippen LogP) is 7.69. The van der Waals surface area contributed by atoms with E-state index in [-0.39, 0.29) is 11.3 Å². The minimum atomic E-state index is -0.397. The van der Waals surface area contributed by atoms with E-state index >= 15 is 0 Å². The third kappa shape index (κ3) is 4.45. The maximum Gasteiger partial charge on any atom is 0.210 e.